The summed E-state index contributed by atoms with van der Waals surface area (Å²) in [6.07, 6.45) is 3.61. The number of unbranched alkanes of at least 4 members (excludes halogenated alkanes) is 1. The van der Waals surface area contributed by atoms with E-state index in [4.69, 9.17) is 4.74 Å². The zero-order valence-electron chi connectivity index (χ0n) is 14.9. The Balaban J connectivity index is 1.88. The Bertz CT molecular complexity index is 604. The van der Waals surface area contributed by atoms with Gasteiger partial charge in [-0.15, -0.1) is 0 Å². The summed E-state index contributed by atoms with van der Waals surface area (Å²) in [6.45, 7) is 3.14. The smallest absolute Gasteiger partial charge is 0.308 e. The zero-order valence-corrected chi connectivity index (χ0v) is 14.9. The molecule has 1 N–H and O–H groups in total. The first-order chi connectivity index (χ1) is 12.0. The molecule has 0 aliphatic carbocycles. The van der Waals surface area contributed by atoms with Crippen molar-refractivity contribution >= 4 is 23.5 Å². The molecular weight excluding hydrogens is 320 g/mol. The highest BCUT2D eigenvalue weighted by Crippen LogP contribution is 2.21. The number of carbonyl (C=O) groups excluding carboxylic acids is 3. The Hall–Kier alpha value is -2.37. The summed E-state index contributed by atoms with van der Waals surface area (Å²) < 4.78 is 4.76. The summed E-state index contributed by atoms with van der Waals surface area (Å²) in [5.41, 5.74) is 1.28. The maximum absolute atomic E-state index is 12.5. The summed E-state index contributed by atoms with van der Waals surface area (Å²) in [5, 5.41) is 2.83. The SMILES string of the molecule is CCCCC(=O)Nc1ccc(C(=O)N2CCC(C(=O)OC)CC2)cc1. The van der Waals surface area contributed by atoms with Gasteiger partial charge in [0.2, 0.25) is 5.91 Å². The monoisotopic (exact) mass is 346 g/mol. The van der Waals surface area contributed by atoms with Crippen LogP contribution in [0.2, 0.25) is 0 Å². The van der Waals surface area contributed by atoms with Crippen molar-refractivity contribution < 1.29 is 19.1 Å². The molecule has 25 heavy (non-hydrogen) atoms. The van der Waals surface area contributed by atoms with Crippen LogP contribution in [0.1, 0.15) is 49.4 Å². The Morgan fingerprint density at radius 2 is 1.80 bits per heavy atom. The molecule has 6 nitrogen and oxygen atoms in total. The average molecular weight is 346 g/mol. The number of likely N-dealkylation sites (tertiary alicyclic amines) is 1. The van der Waals surface area contributed by atoms with E-state index < -0.39 is 0 Å². The first-order valence-electron chi connectivity index (χ1n) is 8.82. The molecule has 1 saturated heterocycles. The van der Waals surface area contributed by atoms with Crippen LogP contribution in [0.5, 0.6) is 0 Å². The standard InChI is InChI=1S/C19H26N2O4/c1-3-4-5-17(22)20-16-8-6-14(7-9-16)18(23)21-12-10-15(11-13-21)19(24)25-2/h6-9,15H,3-5,10-13H2,1-2H3,(H,20,22). The fraction of sp³-hybridized carbons (Fsp3) is 0.526. The largest absolute Gasteiger partial charge is 0.469 e. The van der Waals surface area contributed by atoms with Crippen molar-refractivity contribution in [3.8, 4) is 0 Å². The van der Waals surface area contributed by atoms with E-state index in [9.17, 15) is 14.4 Å². The lowest BCUT2D eigenvalue weighted by molar-refractivity contribution is -0.146. The lowest BCUT2D eigenvalue weighted by atomic mass is 9.96. The van der Waals surface area contributed by atoms with Gasteiger partial charge < -0.3 is 15.0 Å². The van der Waals surface area contributed by atoms with Gasteiger partial charge in [0.15, 0.2) is 0 Å². The number of piperidine rings is 1. The zero-order chi connectivity index (χ0) is 18.2. The third-order valence-electron chi connectivity index (χ3n) is 4.49. The number of rotatable bonds is 6. The number of esters is 1. The van der Waals surface area contributed by atoms with Gasteiger partial charge >= 0.3 is 5.97 Å². The molecule has 0 atom stereocenters. The van der Waals surface area contributed by atoms with Gasteiger partial charge in [-0.05, 0) is 43.5 Å². The van der Waals surface area contributed by atoms with E-state index in [1.165, 1.54) is 7.11 Å². The van der Waals surface area contributed by atoms with Crippen molar-refractivity contribution in [3.05, 3.63) is 29.8 Å². The van der Waals surface area contributed by atoms with Crippen LogP contribution in [0.25, 0.3) is 0 Å². The molecule has 1 aromatic rings. The van der Waals surface area contributed by atoms with E-state index in [0.29, 0.717) is 43.6 Å². The number of methoxy groups -OCH3 is 1. The number of benzene rings is 1. The number of hydrogen-bond acceptors (Lipinski definition) is 4. The first-order valence-corrected chi connectivity index (χ1v) is 8.82. The Morgan fingerprint density at radius 3 is 2.36 bits per heavy atom. The number of hydrogen-bond donors (Lipinski definition) is 1. The van der Waals surface area contributed by atoms with Crippen LogP contribution in [0, 0.1) is 5.92 Å². The molecule has 2 amide bonds. The molecule has 1 fully saturated rings. The molecule has 136 valence electrons. The van der Waals surface area contributed by atoms with Gasteiger partial charge in [0.25, 0.3) is 5.91 Å². The number of nitrogens with one attached hydrogen (secondary N) is 1. The fourth-order valence-electron chi connectivity index (χ4n) is 2.92. The predicted molar refractivity (Wildman–Crippen MR) is 95.2 cm³/mol. The van der Waals surface area contributed by atoms with Crippen molar-refractivity contribution in [2.45, 2.75) is 39.0 Å². The highest BCUT2D eigenvalue weighted by atomic mass is 16.5. The number of carbonyl (C=O) groups is 3. The highest BCUT2D eigenvalue weighted by Gasteiger charge is 2.28. The maximum atomic E-state index is 12.5. The molecular formula is C19H26N2O4. The molecule has 2 rings (SSSR count). The molecule has 1 heterocycles. The molecule has 1 aromatic carbocycles. The minimum absolute atomic E-state index is 0.00851. The van der Waals surface area contributed by atoms with Crippen LogP contribution in [0.15, 0.2) is 24.3 Å². The Morgan fingerprint density at radius 1 is 1.16 bits per heavy atom. The molecule has 0 bridgehead atoms. The van der Waals surface area contributed by atoms with Gasteiger partial charge in [0.05, 0.1) is 13.0 Å². The van der Waals surface area contributed by atoms with E-state index in [1.54, 1.807) is 29.2 Å². The van der Waals surface area contributed by atoms with E-state index in [1.807, 2.05) is 6.92 Å². The van der Waals surface area contributed by atoms with E-state index in [0.717, 1.165) is 12.8 Å². The van der Waals surface area contributed by atoms with Crippen LogP contribution < -0.4 is 5.32 Å². The molecule has 0 spiro atoms. The van der Waals surface area contributed by atoms with Crippen LogP contribution >= 0.6 is 0 Å². The summed E-state index contributed by atoms with van der Waals surface area (Å²) in [4.78, 5) is 37.6. The van der Waals surface area contributed by atoms with Crippen molar-refractivity contribution in [2.75, 3.05) is 25.5 Å². The summed E-state index contributed by atoms with van der Waals surface area (Å²) in [5.74, 6) is -0.372. The summed E-state index contributed by atoms with van der Waals surface area (Å²) in [6, 6.07) is 6.95. The molecule has 0 aromatic heterocycles. The first kappa shape index (κ1) is 19.0. The summed E-state index contributed by atoms with van der Waals surface area (Å²) >= 11 is 0. The third kappa shape index (κ3) is 5.31. The van der Waals surface area contributed by atoms with Gasteiger partial charge in [-0.2, -0.15) is 0 Å². The molecule has 6 heteroatoms. The van der Waals surface area contributed by atoms with Crippen molar-refractivity contribution in [1.82, 2.24) is 4.90 Å². The average Bonchev–Trinajstić information content (AvgIpc) is 2.66. The van der Waals surface area contributed by atoms with E-state index in [2.05, 4.69) is 5.32 Å². The Kier molecular flexibility index (Phi) is 6.98. The van der Waals surface area contributed by atoms with Gasteiger partial charge in [-0.1, -0.05) is 13.3 Å². The molecule has 0 saturated carbocycles. The van der Waals surface area contributed by atoms with Crippen LogP contribution in [-0.2, 0) is 14.3 Å². The minimum Gasteiger partial charge on any atom is -0.469 e. The normalized spacial score (nSPS) is 14.9. The van der Waals surface area contributed by atoms with E-state index in [-0.39, 0.29) is 23.7 Å². The van der Waals surface area contributed by atoms with Crippen LogP contribution in [0.3, 0.4) is 0 Å². The van der Waals surface area contributed by atoms with Gasteiger partial charge in [0, 0.05) is 30.8 Å². The number of ether oxygens (including phenoxy) is 1. The predicted octanol–water partition coefficient (Wildman–Crippen LogP) is 2.84. The number of nitrogens with zero attached hydrogens (tertiary/aromatic N) is 1. The second-order valence-corrected chi connectivity index (χ2v) is 6.32. The molecule has 0 unspecified atom stereocenters. The summed E-state index contributed by atoms with van der Waals surface area (Å²) in [7, 11) is 1.39. The third-order valence-corrected chi connectivity index (χ3v) is 4.49. The van der Waals surface area contributed by atoms with Gasteiger partial charge in [-0.25, -0.2) is 0 Å². The molecule has 0 radical (unpaired) electrons. The van der Waals surface area contributed by atoms with E-state index >= 15 is 0 Å². The lowest BCUT2D eigenvalue weighted by Gasteiger charge is -2.30. The van der Waals surface area contributed by atoms with Crippen LogP contribution in [0.4, 0.5) is 5.69 Å². The van der Waals surface area contributed by atoms with Crippen molar-refractivity contribution in [1.29, 1.82) is 0 Å². The fourth-order valence-corrected chi connectivity index (χ4v) is 2.92. The quantitative estimate of drug-likeness (QED) is 0.804. The second kappa shape index (κ2) is 9.20. The van der Waals surface area contributed by atoms with Gasteiger partial charge in [0.1, 0.15) is 0 Å². The second-order valence-electron chi connectivity index (χ2n) is 6.32. The minimum atomic E-state index is -0.199. The topological polar surface area (TPSA) is 75.7 Å². The van der Waals surface area contributed by atoms with Crippen molar-refractivity contribution in [2.24, 2.45) is 5.92 Å². The highest BCUT2D eigenvalue weighted by molar-refractivity contribution is 5.96. The molecule has 1 aliphatic heterocycles. The number of amides is 2. The molecule has 1 aliphatic rings. The van der Waals surface area contributed by atoms with Crippen molar-refractivity contribution in [3.63, 3.8) is 0 Å². The Labute approximate surface area is 148 Å². The van der Waals surface area contributed by atoms with Crippen LogP contribution in [-0.4, -0.2) is 42.9 Å². The maximum Gasteiger partial charge on any atom is 0.308 e. The lowest BCUT2D eigenvalue weighted by Crippen LogP contribution is -2.40. The number of anilines is 1. The van der Waals surface area contributed by atoms with Gasteiger partial charge in [-0.3, -0.25) is 14.4 Å².